The largest absolute Gasteiger partial charge is 0.0906 e. The van der Waals surface area contributed by atoms with Crippen molar-refractivity contribution < 1.29 is 0 Å². The van der Waals surface area contributed by atoms with Gasteiger partial charge < -0.3 is 0 Å². The second-order valence-corrected chi connectivity index (χ2v) is 4.30. The monoisotopic (exact) mass is 184 g/mol. The van der Waals surface area contributed by atoms with Gasteiger partial charge >= 0.3 is 0 Å². The lowest BCUT2D eigenvalue weighted by molar-refractivity contribution is 0.590. The van der Waals surface area contributed by atoms with Crippen molar-refractivity contribution in [3.05, 3.63) is 48.0 Å². The molecule has 0 aliphatic rings. The van der Waals surface area contributed by atoms with Crippen molar-refractivity contribution in [2.45, 2.75) is 26.2 Å². The van der Waals surface area contributed by atoms with Gasteiger partial charge in [-0.3, -0.25) is 0 Å². The molecular formula is C14H16. The summed E-state index contributed by atoms with van der Waals surface area (Å²) in [5, 5.41) is 0. The standard InChI is InChI=1S/C14H16/c1-5-6-7-12-8-10-13(11-9-12)14(2,3)4/h5,8-11H,1H2,2-4H3. The summed E-state index contributed by atoms with van der Waals surface area (Å²) in [5.41, 5.74) is 2.59. The first kappa shape index (κ1) is 10.6. The predicted octanol–water partition coefficient (Wildman–Crippen LogP) is 3.52. The highest BCUT2D eigenvalue weighted by molar-refractivity contribution is 5.39. The molecule has 1 rings (SSSR count). The topological polar surface area (TPSA) is 0 Å². The van der Waals surface area contributed by atoms with Gasteiger partial charge in [0.15, 0.2) is 0 Å². The van der Waals surface area contributed by atoms with Gasteiger partial charge in [0.2, 0.25) is 0 Å². The molecule has 0 bridgehead atoms. The van der Waals surface area contributed by atoms with Crippen LogP contribution in [0, 0.1) is 11.8 Å². The highest BCUT2D eigenvalue weighted by Crippen LogP contribution is 2.21. The van der Waals surface area contributed by atoms with Crippen molar-refractivity contribution in [2.75, 3.05) is 0 Å². The van der Waals surface area contributed by atoms with Crippen LogP contribution in [0.15, 0.2) is 36.9 Å². The van der Waals surface area contributed by atoms with Gasteiger partial charge in [-0.25, -0.2) is 0 Å². The molecule has 0 atom stereocenters. The number of allylic oxidation sites excluding steroid dienone is 1. The van der Waals surface area contributed by atoms with Crippen molar-refractivity contribution in [3.63, 3.8) is 0 Å². The van der Waals surface area contributed by atoms with Gasteiger partial charge in [0, 0.05) is 5.56 Å². The van der Waals surface area contributed by atoms with Crippen LogP contribution < -0.4 is 0 Å². The average molecular weight is 184 g/mol. The second-order valence-electron chi connectivity index (χ2n) is 4.30. The fraction of sp³-hybridized carbons (Fsp3) is 0.286. The van der Waals surface area contributed by atoms with Gasteiger partial charge in [-0.2, -0.15) is 0 Å². The van der Waals surface area contributed by atoms with Crippen LogP contribution in [0.25, 0.3) is 0 Å². The fourth-order valence-corrected chi connectivity index (χ4v) is 1.19. The summed E-state index contributed by atoms with van der Waals surface area (Å²) in [5.74, 6) is 5.84. The molecule has 0 N–H and O–H groups in total. The molecule has 0 radical (unpaired) electrons. The zero-order valence-electron chi connectivity index (χ0n) is 9.09. The minimum absolute atomic E-state index is 0.213. The number of hydrogen-bond donors (Lipinski definition) is 0. The summed E-state index contributed by atoms with van der Waals surface area (Å²) in [6, 6.07) is 8.37. The first-order valence-corrected chi connectivity index (χ1v) is 4.77. The summed E-state index contributed by atoms with van der Waals surface area (Å²) >= 11 is 0. The zero-order chi connectivity index (χ0) is 10.6. The number of benzene rings is 1. The number of hydrogen-bond acceptors (Lipinski definition) is 0. The third-order valence-electron chi connectivity index (χ3n) is 2.07. The smallest absolute Gasteiger partial charge is 0.0249 e. The third kappa shape index (κ3) is 2.78. The van der Waals surface area contributed by atoms with Crippen molar-refractivity contribution in [1.29, 1.82) is 0 Å². The SMILES string of the molecule is C=CC#Cc1ccc(C(C)(C)C)cc1. The minimum atomic E-state index is 0.213. The Labute approximate surface area is 86.7 Å². The Hall–Kier alpha value is -1.48. The van der Waals surface area contributed by atoms with E-state index in [0.717, 1.165) is 5.56 Å². The molecule has 0 spiro atoms. The summed E-state index contributed by atoms with van der Waals surface area (Å²) in [4.78, 5) is 0. The molecule has 0 aliphatic carbocycles. The Morgan fingerprint density at radius 1 is 1.14 bits per heavy atom. The molecule has 14 heavy (non-hydrogen) atoms. The van der Waals surface area contributed by atoms with Gasteiger partial charge in [0.05, 0.1) is 0 Å². The van der Waals surface area contributed by atoms with Crippen LogP contribution in [0.2, 0.25) is 0 Å². The highest BCUT2D eigenvalue weighted by atomic mass is 14.2. The van der Waals surface area contributed by atoms with E-state index < -0.39 is 0 Å². The van der Waals surface area contributed by atoms with Gasteiger partial charge in [-0.15, -0.1) is 0 Å². The summed E-state index contributed by atoms with van der Waals surface area (Å²) in [6.07, 6.45) is 1.61. The van der Waals surface area contributed by atoms with Gasteiger partial charge in [-0.05, 0) is 29.2 Å². The van der Waals surface area contributed by atoms with Crippen LogP contribution in [-0.2, 0) is 5.41 Å². The van der Waals surface area contributed by atoms with Crippen molar-refractivity contribution in [3.8, 4) is 11.8 Å². The molecule has 0 heterocycles. The maximum atomic E-state index is 3.56. The summed E-state index contributed by atoms with van der Waals surface area (Å²) in [7, 11) is 0. The molecule has 1 aromatic carbocycles. The molecule has 0 heteroatoms. The summed E-state index contributed by atoms with van der Waals surface area (Å²) in [6.45, 7) is 10.2. The molecule has 1 aromatic rings. The van der Waals surface area contributed by atoms with Crippen molar-refractivity contribution in [2.24, 2.45) is 0 Å². The van der Waals surface area contributed by atoms with Crippen LogP contribution in [-0.4, -0.2) is 0 Å². The van der Waals surface area contributed by atoms with Crippen LogP contribution in [0.1, 0.15) is 31.9 Å². The van der Waals surface area contributed by atoms with Crippen LogP contribution in [0.5, 0.6) is 0 Å². The Kier molecular flexibility index (Phi) is 3.14. The molecule has 0 saturated carbocycles. The van der Waals surface area contributed by atoms with E-state index in [-0.39, 0.29) is 5.41 Å². The van der Waals surface area contributed by atoms with E-state index in [0.29, 0.717) is 0 Å². The maximum Gasteiger partial charge on any atom is 0.0249 e. The van der Waals surface area contributed by atoms with E-state index in [1.807, 2.05) is 0 Å². The quantitative estimate of drug-likeness (QED) is 0.541. The second kappa shape index (κ2) is 4.15. The number of rotatable bonds is 0. The van der Waals surface area contributed by atoms with Gasteiger partial charge in [0.1, 0.15) is 0 Å². The van der Waals surface area contributed by atoms with Gasteiger partial charge in [0.25, 0.3) is 0 Å². The molecule has 0 aromatic heterocycles. The minimum Gasteiger partial charge on any atom is -0.0906 e. The van der Waals surface area contributed by atoms with E-state index in [4.69, 9.17) is 0 Å². The summed E-state index contributed by atoms with van der Waals surface area (Å²) < 4.78 is 0. The van der Waals surface area contributed by atoms with E-state index >= 15 is 0 Å². The zero-order valence-corrected chi connectivity index (χ0v) is 9.09. The molecule has 72 valence electrons. The molecule has 0 nitrogen and oxygen atoms in total. The lowest BCUT2D eigenvalue weighted by Gasteiger charge is -2.18. The van der Waals surface area contributed by atoms with Gasteiger partial charge in [-0.1, -0.05) is 51.3 Å². The molecule has 0 fully saturated rings. The maximum absolute atomic E-state index is 3.56. The highest BCUT2D eigenvalue weighted by Gasteiger charge is 2.12. The first-order chi connectivity index (χ1) is 6.54. The van der Waals surface area contributed by atoms with Crippen LogP contribution in [0.3, 0.4) is 0 Å². The first-order valence-electron chi connectivity index (χ1n) is 4.77. The average Bonchev–Trinajstić information content (AvgIpc) is 2.14. The van der Waals surface area contributed by atoms with Crippen LogP contribution >= 0.6 is 0 Å². The van der Waals surface area contributed by atoms with E-state index in [9.17, 15) is 0 Å². The molecule has 0 unspecified atom stereocenters. The fourth-order valence-electron chi connectivity index (χ4n) is 1.19. The lowest BCUT2D eigenvalue weighted by atomic mass is 9.87. The Balaban J connectivity index is 2.95. The Bertz CT molecular complexity index is 363. The third-order valence-corrected chi connectivity index (χ3v) is 2.07. The van der Waals surface area contributed by atoms with E-state index in [1.54, 1.807) is 6.08 Å². The molecule has 0 amide bonds. The van der Waals surface area contributed by atoms with Crippen molar-refractivity contribution >= 4 is 0 Å². The van der Waals surface area contributed by atoms with Crippen molar-refractivity contribution in [1.82, 2.24) is 0 Å². The lowest BCUT2D eigenvalue weighted by Crippen LogP contribution is -2.10. The molecule has 0 aliphatic heterocycles. The predicted molar refractivity (Wildman–Crippen MR) is 62.2 cm³/mol. The Morgan fingerprint density at radius 3 is 2.14 bits per heavy atom. The van der Waals surface area contributed by atoms with E-state index in [2.05, 4.69) is 63.5 Å². The molecular weight excluding hydrogens is 168 g/mol. The molecule has 0 saturated heterocycles. The van der Waals surface area contributed by atoms with E-state index in [1.165, 1.54) is 5.56 Å². The van der Waals surface area contributed by atoms with Crippen LogP contribution in [0.4, 0.5) is 0 Å². The Morgan fingerprint density at radius 2 is 1.71 bits per heavy atom. The normalized spacial score (nSPS) is 10.2.